The van der Waals surface area contributed by atoms with Gasteiger partial charge in [0.1, 0.15) is 0 Å². The average Bonchev–Trinajstić information content (AvgIpc) is 2.78. The lowest BCUT2D eigenvalue weighted by Gasteiger charge is -2.15. The number of nitrogens with zero attached hydrogens (tertiary/aromatic N) is 1. The Morgan fingerprint density at radius 1 is 0.938 bits per heavy atom. The molecule has 8 heteroatoms. The summed E-state index contributed by atoms with van der Waals surface area (Å²) in [5.74, 6) is -0.444. The van der Waals surface area contributed by atoms with Gasteiger partial charge in [0.2, 0.25) is 5.91 Å². The lowest BCUT2D eigenvalue weighted by Crippen LogP contribution is -2.22. The molecule has 3 aromatic rings. The number of amides is 2. The minimum absolute atomic E-state index is 0.0707. The van der Waals surface area contributed by atoms with Crippen molar-refractivity contribution < 1.29 is 14.5 Å². The standard InChI is InChI=1S/C24H23N3O4S/c1-15-5-4-6-22(16(15)2)26-23(28)17(3)32-21-13-9-19(10-14-21)25-24(29)18-7-11-20(12-8-18)27(30)31/h4-14,17H,1-3H3,(H,25,29)(H,26,28). The number of rotatable bonds is 7. The van der Waals surface area contributed by atoms with E-state index >= 15 is 0 Å². The summed E-state index contributed by atoms with van der Waals surface area (Å²) < 4.78 is 0. The van der Waals surface area contributed by atoms with E-state index in [2.05, 4.69) is 10.6 Å². The van der Waals surface area contributed by atoms with Gasteiger partial charge in [0.15, 0.2) is 0 Å². The molecule has 3 aromatic carbocycles. The molecule has 0 spiro atoms. The number of carbonyl (C=O) groups is 2. The molecule has 7 nitrogen and oxygen atoms in total. The van der Waals surface area contributed by atoms with Crippen LogP contribution in [-0.2, 0) is 4.79 Å². The van der Waals surface area contributed by atoms with Crippen molar-refractivity contribution in [1.29, 1.82) is 0 Å². The maximum Gasteiger partial charge on any atom is 0.269 e. The van der Waals surface area contributed by atoms with Gasteiger partial charge in [0, 0.05) is 34.0 Å². The van der Waals surface area contributed by atoms with Gasteiger partial charge in [-0.05, 0) is 74.4 Å². The minimum Gasteiger partial charge on any atom is -0.325 e. The predicted molar refractivity (Wildman–Crippen MR) is 127 cm³/mol. The Kier molecular flexibility index (Phi) is 7.27. The predicted octanol–water partition coefficient (Wildman–Crippen LogP) is 5.58. The molecule has 0 aliphatic heterocycles. The van der Waals surface area contributed by atoms with E-state index in [9.17, 15) is 19.7 Å². The SMILES string of the molecule is Cc1cccc(NC(=O)C(C)Sc2ccc(NC(=O)c3ccc([N+](=O)[O-])cc3)cc2)c1C. The first kappa shape index (κ1) is 23.0. The van der Waals surface area contributed by atoms with Gasteiger partial charge in [-0.25, -0.2) is 0 Å². The Balaban J connectivity index is 1.57. The highest BCUT2D eigenvalue weighted by Gasteiger charge is 2.16. The Morgan fingerprint density at radius 2 is 1.59 bits per heavy atom. The molecule has 0 fully saturated rings. The van der Waals surface area contributed by atoms with Gasteiger partial charge in [-0.2, -0.15) is 0 Å². The van der Waals surface area contributed by atoms with E-state index in [1.807, 2.05) is 51.1 Å². The monoisotopic (exact) mass is 449 g/mol. The van der Waals surface area contributed by atoms with Crippen LogP contribution in [-0.4, -0.2) is 22.0 Å². The number of carbonyl (C=O) groups excluding carboxylic acids is 2. The zero-order chi connectivity index (χ0) is 23.3. The van der Waals surface area contributed by atoms with E-state index in [1.54, 1.807) is 12.1 Å². The van der Waals surface area contributed by atoms with Crippen molar-refractivity contribution in [3.63, 3.8) is 0 Å². The Hall–Kier alpha value is -3.65. The fourth-order valence-electron chi connectivity index (χ4n) is 2.93. The number of benzene rings is 3. The zero-order valence-electron chi connectivity index (χ0n) is 17.9. The van der Waals surface area contributed by atoms with Gasteiger partial charge in [-0.1, -0.05) is 12.1 Å². The molecule has 0 aliphatic carbocycles. The van der Waals surface area contributed by atoms with Crippen LogP contribution in [0.3, 0.4) is 0 Å². The van der Waals surface area contributed by atoms with E-state index < -0.39 is 4.92 Å². The number of anilines is 2. The van der Waals surface area contributed by atoms with E-state index in [0.717, 1.165) is 21.7 Å². The molecule has 1 atom stereocenters. The van der Waals surface area contributed by atoms with Crippen molar-refractivity contribution in [2.75, 3.05) is 10.6 Å². The number of hydrogen-bond donors (Lipinski definition) is 2. The molecule has 3 rings (SSSR count). The highest BCUT2D eigenvalue weighted by molar-refractivity contribution is 8.00. The quantitative estimate of drug-likeness (QED) is 0.278. The zero-order valence-corrected chi connectivity index (χ0v) is 18.7. The van der Waals surface area contributed by atoms with Crippen molar-refractivity contribution in [1.82, 2.24) is 0 Å². The van der Waals surface area contributed by atoms with E-state index in [4.69, 9.17) is 0 Å². The number of nitro groups is 1. The van der Waals surface area contributed by atoms with E-state index in [0.29, 0.717) is 11.3 Å². The maximum absolute atomic E-state index is 12.6. The first-order chi connectivity index (χ1) is 15.2. The number of nitrogens with one attached hydrogen (secondary N) is 2. The fourth-order valence-corrected chi connectivity index (χ4v) is 3.80. The molecule has 0 radical (unpaired) electrons. The van der Waals surface area contributed by atoms with Crippen LogP contribution in [0.5, 0.6) is 0 Å². The smallest absolute Gasteiger partial charge is 0.269 e. The summed E-state index contributed by atoms with van der Waals surface area (Å²) in [6.07, 6.45) is 0. The van der Waals surface area contributed by atoms with Crippen molar-refractivity contribution >= 4 is 40.6 Å². The summed E-state index contributed by atoms with van der Waals surface area (Å²) in [7, 11) is 0. The van der Waals surface area contributed by atoms with Crippen LogP contribution in [0.4, 0.5) is 17.1 Å². The molecule has 0 saturated heterocycles. The molecule has 1 unspecified atom stereocenters. The summed E-state index contributed by atoms with van der Waals surface area (Å²) in [5, 5.41) is 16.1. The molecular weight excluding hydrogens is 426 g/mol. The van der Waals surface area contributed by atoms with Gasteiger partial charge in [0.25, 0.3) is 11.6 Å². The minimum atomic E-state index is -0.513. The van der Waals surface area contributed by atoms with E-state index in [1.165, 1.54) is 36.0 Å². The van der Waals surface area contributed by atoms with Crippen LogP contribution in [0.1, 0.15) is 28.4 Å². The Morgan fingerprint density at radius 3 is 2.22 bits per heavy atom. The number of aryl methyl sites for hydroxylation is 1. The third-order valence-corrected chi connectivity index (χ3v) is 6.11. The molecule has 0 aliphatic rings. The topological polar surface area (TPSA) is 101 Å². The molecule has 0 heterocycles. The largest absolute Gasteiger partial charge is 0.325 e. The molecule has 0 saturated carbocycles. The van der Waals surface area contributed by atoms with Crippen LogP contribution in [0, 0.1) is 24.0 Å². The Labute approximate surface area is 190 Å². The van der Waals surface area contributed by atoms with Crippen LogP contribution in [0.15, 0.2) is 71.6 Å². The highest BCUT2D eigenvalue weighted by Crippen LogP contribution is 2.27. The molecule has 164 valence electrons. The second-order valence-corrected chi connectivity index (χ2v) is 8.69. The van der Waals surface area contributed by atoms with Gasteiger partial charge in [-0.15, -0.1) is 11.8 Å². The average molecular weight is 450 g/mol. The molecule has 32 heavy (non-hydrogen) atoms. The third kappa shape index (κ3) is 5.73. The number of hydrogen-bond acceptors (Lipinski definition) is 5. The number of non-ortho nitro benzene ring substituents is 1. The van der Waals surface area contributed by atoms with Crippen LogP contribution >= 0.6 is 11.8 Å². The summed E-state index contributed by atoms with van der Waals surface area (Å²) in [6, 6.07) is 18.4. The summed E-state index contributed by atoms with van der Waals surface area (Å²) in [6.45, 7) is 5.83. The summed E-state index contributed by atoms with van der Waals surface area (Å²) in [5.41, 5.74) is 3.82. The number of thioether (sulfide) groups is 1. The summed E-state index contributed by atoms with van der Waals surface area (Å²) >= 11 is 1.42. The van der Waals surface area contributed by atoms with Crippen LogP contribution < -0.4 is 10.6 Å². The molecule has 2 N–H and O–H groups in total. The van der Waals surface area contributed by atoms with Crippen molar-refractivity contribution in [2.24, 2.45) is 0 Å². The lowest BCUT2D eigenvalue weighted by molar-refractivity contribution is -0.384. The Bertz CT molecular complexity index is 1140. The first-order valence-electron chi connectivity index (χ1n) is 9.94. The first-order valence-corrected chi connectivity index (χ1v) is 10.8. The molecule has 2 amide bonds. The summed E-state index contributed by atoms with van der Waals surface area (Å²) in [4.78, 5) is 36.0. The molecular formula is C24H23N3O4S. The van der Waals surface area contributed by atoms with Gasteiger partial charge < -0.3 is 10.6 Å². The second kappa shape index (κ2) is 10.1. The molecule has 0 aromatic heterocycles. The second-order valence-electron chi connectivity index (χ2n) is 7.28. The van der Waals surface area contributed by atoms with Gasteiger partial charge in [-0.3, -0.25) is 19.7 Å². The van der Waals surface area contributed by atoms with Crippen molar-refractivity contribution in [3.8, 4) is 0 Å². The van der Waals surface area contributed by atoms with Crippen LogP contribution in [0.25, 0.3) is 0 Å². The van der Waals surface area contributed by atoms with Crippen molar-refractivity contribution in [3.05, 3.63) is 93.5 Å². The molecule has 0 bridgehead atoms. The van der Waals surface area contributed by atoms with Crippen LogP contribution in [0.2, 0.25) is 0 Å². The highest BCUT2D eigenvalue weighted by atomic mass is 32.2. The number of nitro benzene ring substituents is 1. The van der Waals surface area contributed by atoms with Crippen molar-refractivity contribution in [2.45, 2.75) is 30.9 Å². The normalized spacial score (nSPS) is 11.5. The lowest BCUT2D eigenvalue weighted by atomic mass is 10.1. The fraction of sp³-hybridized carbons (Fsp3) is 0.167. The van der Waals surface area contributed by atoms with Gasteiger partial charge >= 0.3 is 0 Å². The third-order valence-electron chi connectivity index (χ3n) is 5.00. The van der Waals surface area contributed by atoms with E-state index in [-0.39, 0.29) is 22.8 Å². The maximum atomic E-state index is 12.6. The van der Waals surface area contributed by atoms with Gasteiger partial charge in [0.05, 0.1) is 10.2 Å².